The van der Waals surface area contributed by atoms with Gasteiger partial charge in [0.05, 0.1) is 23.1 Å². The lowest BCUT2D eigenvalue weighted by Crippen LogP contribution is -2.31. The minimum absolute atomic E-state index is 0.0341. The summed E-state index contributed by atoms with van der Waals surface area (Å²) in [5.41, 5.74) is -3.60. The van der Waals surface area contributed by atoms with Gasteiger partial charge in [0.25, 0.3) is 11.5 Å². The molecule has 0 radical (unpaired) electrons. The van der Waals surface area contributed by atoms with Gasteiger partial charge in [0.15, 0.2) is 0 Å². The van der Waals surface area contributed by atoms with E-state index in [0.717, 1.165) is 12.8 Å². The van der Waals surface area contributed by atoms with Crippen LogP contribution in [0.3, 0.4) is 0 Å². The maximum atomic E-state index is 12.9. The molecule has 0 unspecified atom stereocenters. The number of halogens is 6. The maximum absolute atomic E-state index is 12.9. The van der Waals surface area contributed by atoms with Crippen LogP contribution in [0.15, 0.2) is 35.4 Å². The molecule has 1 fully saturated rings. The molecule has 0 aliphatic heterocycles. The Balaban J connectivity index is 1.71. The van der Waals surface area contributed by atoms with Crippen molar-refractivity contribution in [3.8, 4) is 0 Å². The van der Waals surface area contributed by atoms with E-state index in [4.69, 9.17) is 0 Å². The second kappa shape index (κ2) is 7.53. The van der Waals surface area contributed by atoms with Gasteiger partial charge in [-0.05, 0) is 31.0 Å². The summed E-state index contributed by atoms with van der Waals surface area (Å²) < 4.78 is 78.4. The zero-order valence-corrected chi connectivity index (χ0v) is 14.8. The summed E-state index contributed by atoms with van der Waals surface area (Å²) in [5.74, 6) is -0.835. The molecule has 0 spiro atoms. The number of nitrogens with zero attached hydrogens (tertiary/aromatic N) is 2. The molecule has 2 aromatic rings. The summed E-state index contributed by atoms with van der Waals surface area (Å²) in [6.45, 7) is -0.214. The number of nitrogens with one attached hydrogen (secondary N) is 1. The van der Waals surface area contributed by atoms with Gasteiger partial charge in [-0.25, -0.2) is 4.98 Å². The van der Waals surface area contributed by atoms with Crippen LogP contribution >= 0.6 is 0 Å². The summed E-state index contributed by atoms with van der Waals surface area (Å²) in [6.07, 6.45) is -6.86. The van der Waals surface area contributed by atoms with Gasteiger partial charge in [0.2, 0.25) is 0 Å². The number of benzene rings is 1. The van der Waals surface area contributed by atoms with Crippen molar-refractivity contribution in [2.75, 3.05) is 6.54 Å². The summed E-state index contributed by atoms with van der Waals surface area (Å²) >= 11 is 0. The molecule has 1 aliphatic rings. The monoisotopic (exact) mass is 419 g/mol. The number of hydrogen-bond donors (Lipinski definition) is 1. The van der Waals surface area contributed by atoms with Crippen LogP contribution in [0, 0.1) is 0 Å². The van der Waals surface area contributed by atoms with E-state index < -0.39 is 35.0 Å². The number of alkyl halides is 6. The zero-order valence-electron chi connectivity index (χ0n) is 14.8. The second-order valence-electron chi connectivity index (χ2n) is 6.67. The first kappa shape index (κ1) is 20.9. The van der Waals surface area contributed by atoms with Crippen molar-refractivity contribution in [3.05, 3.63) is 63.3 Å². The molecule has 0 atom stereocenters. The third-order valence-electron chi connectivity index (χ3n) is 4.38. The van der Waals surface area contributed by atoms with Crippen LogP contribution < -0.4 is 10.9 Å². The lowest BCUT2D eigenvalue weighted by Gasteiger charge is -2.14. The highest BCUT2D eigenvalue weighted by molar-refractivity contribution is 5.94. The molecule has 1 N–H and O–H groups in total. The van der Waals surface area contributed by atoms with Gasteiger partial charge in [-0.1, -0.05) is 0 Å². The van der Waals surface area contributed by atoms with E-state index in [-0.39, 0.29) is 30.6 Å². The Morgan fingerprint density at radius 2 is 1.62 bits per heavy atom. The van der Waals surface area contributed by atoms with Crippen molar-refractivity contribution < 1.29 is 31.1 Å². The molecule has 1 aromatic carbocycles. The van der Waals surface area contributed by atoms with E-state index in [9.17, 15) is 35.9 Å². The molecule has 5 nitrogen and oxygen atoms in total. The zero-order chi connectivity index (χ0) is 21.4. The lowest BCUT2D eigenvalue weighted by atomic mass is 10.0. The largest absolute Gasteiger partial charge is 0.416 e. The number of carbonyl (C=O) groups excluding carboxylic acids is 1. The first-order valence-corrected chi connectivity index (χ1v) is 8.59. The lowest BCUT2D eigenvalue weighted by molar-refractivity contribution is -0.143. The quantitative estimate of drug-likeness (QED) is 0.754. The smallest absolute Gasteiger partial charge is 0.350 e. The molecule has 1 aromatic heterocycles. The molecule has 3 rings (SSSR count). The van der Waals surface area contributed by atoms with Gasteiger partial charge in [0.1, 0.15) is 0 Å². The highest BCUT2D eigenvalue weighted by Gasteiger charge is 2.37. The van der Waals surface area contributed by atoms with E-state index in [1.165, 1.54) is 17.0 Å². The van der Waals surface area contributed by atoms with E-state index in [1.54, 1.807) is 0 Å². The SMILES string of the molecule is O=C(NCCn1cnc(C2CC2)cc1=O)c1cc(C(F)(F)F)cc(C(F)(F)F)c1. The first-order valence-electron chi connectivity index (χ1n) is 8.59. The molecule has 1 heterocycles. The van der Waals surface area contributed by atoms with Crippen molar-refractivity contribution in [3.63, 3.8) is 0 Å². The minimum Gasteiger partial charge on any atom is -0.350 e. The van der Waals surface area contributed by atoms with Crippen LogP contribution in [0.1, 0.15) is 45.9 Å². The molecular formula is C18H15F6N3O2. The molecule has 0 bridgehead atoms. The summed E-state index contributed by atoms with van der Waals surface area (Å²) in [6, 6.07) is 2.02. The fraction of sp³-hybridized carbons (Fsp3) is 0.389. The van der Waals surface area contributed by atoms with Crippen LogP contribution in [0.2, 0.25) is 0 Å². The second-order valence-corrected chi connectivity index (χ2v) is 6.67. The van der Waals surface area contributed by atoms with E-state index >= 15 is 0 Å². The van der Waals surface area contributed by atoms with Crippen molar-refractivity contribution >= 4 is 5.91 Å². The molecule has 1 saturated carbocycles. The predicted octanol–water partition coefficient (Wildman–Crippen LogP) is 3.59. The van der Waals surface area contributed by atoms with E-state index in [0.29, 0.717) is 17.8 Å². The first-order chi connectivity index (χ1) is 13.4. The molecule has 1 amide bonds. The number of rotatable bonds is 5. The van der Waals surface area contributed by atoms with Gasteiger partial charge >= 0.3 is 12.4 Å². The predicted molar refractivity (Wildman–Crippen MR) is 89.3 cm³/mol. The van der Waals surface area contributed by atoms with Crippen LogP contribution in [-0.2, 0) is 18.9 Å². The molecular weight excluding hydrogens is 404 g/mol. The molecule has 156 valence electrons. The fourth-order valence-electron chi connectivity index (χ4n) is 2.69. The number of amides is 1. The summed E-state index contributed by atoms with van der Waals surface area (Å²) in [7, 11) is 0. The molecule has 11 heteroatoms. The molecule has 0 saturated heterocycles. The van der Waals surface area contributed by atoms with Crippen LogP contribution in [0.25, 0.3) is 0 Å². The van der Waals surface area contributed by atoms with Crippen LogP contribution in [-0.4, -0.2) is 22.0 Å². The number of carbonyl (C=O) groups is 1. The van der Waals surface area contributed by atoms with Crippen LogP contribution in [0.4, 0.5) is 26.3 Å². The highest BCUT2D eigenvalue weighted by atomic mass is 19.4. The van der Waals surface area contributed by atoms with Crippen molar-refractivity contribution in [2.24, 2.45) is 0 Å². The van der Waals surface area contributed by atoms with Gasteiger partial charge in [-0.3, -0.25) is 14.2 Å². The third kappa shape index (κ3) is 5.15. The topological polar surface area (TPSA) is 64.0 Å². The number of hydrogen-bond acceptors (Lipinski definition) is 3. The summed E-state index contributed by atoms with van der Waals surface area (Å²) in [5, 5.41) is 2.22. The average Bonchev–Trinajstić information content (AvgIpc) is 3.46. The Morgan fingerprint density at radius 1 is 1.03 bits per heavy atom. The van der Waals surface area contributed by atoms with E-state index in [1.807, 2.05) is 0 Å². The highest BCUT2D eigenvalue weighted by Crippen LogP contribution is 2.38. The Labute approximate surface area is 160 Å². The van der Waals surface area contributed by atoms with Crippen molar-refractivity contribution in [1.82, 2.24) is 14.9 Å². The Kier molecular flexibility index (Phi) is 5.42. The standard InChI is InChI=1S/C18H15F6N3O2/c19-17(20,21)12-5-11(6-13(7-12)18(22,23)24)16(29)25-3-4-27-9-26-14(8-15(27)28)10-1-2-10/h5-10H,1-4H2,(H,25,29). The van der Waals surface area contributed by atoms with Gasteiger partial charge < -0.3 is 5.32 Å². The van der Waals surface area contributed by atoms with Crippen molar-refractivity contribution in [1.29, 1.82) is 0 Å². The fourth-order valence-corrected chi connectivity index (χ4v) is 2.69. The Hall–Kier alpha value is -2.85. The van der Waals surface area contributed by atoms with E-state index in [2.05, 4.69) is 10.3 Å². The average molecular weight is 419 g/mol. The third-order valence-corrected chi connectivity index (χ3v) is 4.38. The van der Waals surface area contributed by atoms with Gasteiger partial charge in [-0.15, -0.1) is 0 Å². The Morgan fingerprint density at radius 3 is 2.10 bits per heavy atom. The minimum atomic E-state index is -5.04. The van der Waals surface area contributed by atoms with Crippen molar-refractivity contribution in [2.45, 2.75) is 37.7 Å². The maximum Gasteiger partial charge on any atom is 0.416 e. The van der Waals surface area contributed by atoms with Gasteiger partial charge in [0, 0.05) is 30.6 Å². The summed E-state index contributed by atoms with van der Waals surface area (Å²) in [4.78, 5) is 28.2. The normalized spacial score (nSPS) is 14.7. The molecule has 29 heavy (non-hydrogen) atoms. The molecule has 1 aliphatic carbocycles. The van der Waals surface area contributed by atoms with Crippen LogP contribution in [0.5, 0.6) is 0 Å². The Bertz CT molecular complexity index is 945. The number of aromatic nitrogens is 2. The van der Waals surface area contributed by atoms with Gasteiger partial charge in [-0.2, -0.15) is 26.3 Å².